The molecule has 3 rings (SSSR count). The van der Waals surface area contributed by atoms with Crippen molar-refractivity contribution in [1.82, 2.24) is 19.9 Å². The van der Waals surface area contributed by atoms with Crippen molar-refractivity contribution >= 4 is 11.7 Å². The fourth-order valence-electron chi connectivity index (χ4n) is 2.76. The first-order chi connectivity index (χ1) is 12.3. The minimum absolute atomic E-state index is 0.195. The molecule has 1 amide bonds. The van der Waals surface area contributed by atoms with E-state index in [1.54, 1.807) is 18.0 Å². The highest BCUT2D eigenvalue weighted by molar-refractivity contribution is 5.92. The fraction of sp³-hybridized carbons (Fsp3) is 0.412. The van der Waals surface area contributed by atoms with Gasteiger partial charge in [-0.1, -0.05) is 0 Å². The van der Waals surface area contributed by atoms with E-state index >= 15 is 0 Å². The number of amides is 1. The molecule has 138 valence electrons. The summed E-state index contributed by atoms with van der Waals surface area (Å²) in [6.45, 7) is 3.88. The molecule has 0 aromatic carbocycles. The lowest BCUT2D eigenvalue weighted by atomic mass is 10.2. The molecule has 0 spiro atoms. The molecule has 9 heteroatoms. The number of alkyl halides is 3. The first-order valence-corrected chi connectivity index (χ1v) is 8.21. The van der Waals surface area contributed by atoms with Gasteiger partial charge in [-0.05, 0) is 25.5 Å². The molecule has 1 aliphatic rings. The van der Waals surface area contributed by atoms with Crippen molar-refractivity contribution < 1.29 is 18.0 Å². The van der Waals surface area contributed by atoms with Gasteiger partial charge in [0, 0.05) is 38.6 Å². The molecule has 0 bridgehead atoms. The maximum absolute atomic E-state index is 12.6. The van der Waals surface area contributed by atoms with Gasteiger partial charge >= 0.3 is 6.18 Å². The van der Waals surface area contributed by atoms with E-state index in [4.69, 9.17) is 0 Å². The van der Waals surface area contributed by atoms with Crippen LogP contribution in [0.5, 0.6) is 0 Å². The van der Waals surface area contributed by atoms with Crippen LogP contribution in [-0.2, 0) is 6.18 Å². The molecule has 2 aromatic rings. The maximum Gasteiger partial charge on any atom is 0.417 e. The van der Waals surface area contributed by atoms with Crippen LogP contribution >= 0.6 is 0 Å². The van der Waals surface area contributed by atoms with E-state index in [1.807, 2.05) is 4.90 Å². The first kappa shape index (κ1) is 18.1. The first-order valence-electron chi connectivity index (χ1n) is 8.21. The third-order valence-corrected chi connectivity index (χ3v) is 4.18. The van der Waals surface area contributed by atoms with Crippen LogP contribution in [0.2, 0.25) is 0 Å². The summed E-state index contributed by atoms with van der Waals surface area (Å²) in [7, 11) is 0. The van der Waals surface area contributed by atoms with Crippen molar-refractivity contribution in [2.24, 2.45) is 0 Å². The summed E-state index contributed by atoms with van der Waals surface area (Å²) < 4.78 is 37.9. The van der Waals surface area contributed by atoms with Crippen molar-refractivity contribution in [2.45, 2.75) is 19.5 Å². The van der Waals surface area contributed by atoms with Gasteiger partial charge in [0.2, 0.25) is 0 Å². The van der Waals surface area contributed by atoms with Crippen molar-refractivity contribution in [3.63, 3.8) is 0 Å². The smallest absolute Gasteiger partial charge is 0.355 e. The summed E-state index contributed by atoms with van der Waals surface area (Å²) >= 11 is 0. The predicted octanol–water partition coefficient (Wildman–Crippen LogP) is 2.55. The molecule has 0 radical (unpaired) electrons. The standard InChI is InChI=1S/C17H18F3N5O/c1-12-9-22-14(11-21-12)16(26)25-6-2-5-24(7-8-25)15-4-3-13(10-23-15)17(18,19)20/h3-4,9-11H,2,5-8H2,1H3. The van der Waals surface area contributed by atoms with Crippen LogP contribution < -0.4 is 4.90 Å². The summed E-state index contributed by atoms with van der Waals surface area (Å²) in [5, 5.41) is 0. The molecule has 3 heterocycles. The lowest BCUT2D eigenvalue weighted by molar-refractivity contribution is -0.137. The zero-order valence-corrected chi connectivity index (χ0v) is 14.2. The molecule has 0 unspecified atom stereocenters. The van der Waals surface area contributed by atoms with E-state index in [9.17, 15) is 18.0 Å². The van der Waals surface area contributed by atoms with Gasteiger partial charge in [-0.3, -0.25) is 9.78 Å². The number of aromatic nitrogens is 3. The van der Waals surface area contributed by atoms with E-state index < -0.39 is 11.7 Å². The Hall–Kier alpha value is -2.71. The molecule has 0 saturated carbocycles. The number of hydrogen-bond donors (Lipinski definition) is 0. The summed E-state index contributed by atoms with van der Waals surface area (Å²) in [6.07, 6.45) is 0.128. The molecule has 1 saturated heterocycles. The summed E-state index contributed by atoms with van der Waals surface area (Å²) in [5.74, 6) is 0.280. The van der Waals surface area contributed by atoms with Crippen molar-refractivity contribution in [3.05, 3.63) is 47.7 Å². The largest absolute Gasteiger partial charge is 0.417 e. The highest BCUT2D eigenvalue weighted by atomic mass is 19.4. The highest BCUT2D eigenvalue weighted by Crippen LogP contribution is 2.29. The molecule has 0 atom stereocenters. The van der Waals surface area contributed by atoms with Crippen LogP contribution in [-0.4, -0.2) is 51.9 Å². The molecular weight excluding hydrogens is 347 g/mol. The zero-order valence-electron chi connectivity index (χ0n) is 14.2. The van der Waals surface area contributed by atoms with Crippen LogP contribution in [0.4, 0.5) is 19.0 Å². The monoisotopic (exact) mass is 365 g/mol. The van der Waals surface area contributed by atoms with Gasteiger partial charge in [-0.2, -0.15) is 13.2 Å². The maximum atomic E-state index is 12.6. The molecule has 0 N–H and O–H groups in total. The second-order valence-electron chi connectivity index (χ2n) is 6.08. The van der Waals surface area contributed by atoms with Crippen LogP contribution in [0.1, 0.15) is 28.2 Å². The number of anilines is 1. The summed E-state index contributed by atoms with van der Waals surface area (Å²) in [4.78, 5) is 28.2. The van der Waals surface area contributed by atoms with Crippen LogP contribution in [0.3, 0.4) is 0 Å². The third kappa shape index (κ3) is 4.09. The number of nitrogens with zero attached hydrogens (tertiary/aromatic N) is 5. The Morgan fingerprint density at radius 2 is 1.81 bits per heavy atom. The Kier molecular flexibility index (Phi) is 5.06. The Labute approximate surface area is 148 Å². The van der Waals surface area contributed by atoms with E-state index in [0.29, 0.717) is 38.4 Å². The number of pyridine rings is 1. The second-order valence-corrected chi connectivity index (χ2v) is 6.08. The van der Waals surface area contributed by atoms with Crippen molar-refractivity contribution in [1.29, 1.82) is 0 Å². The van der Waals surface area contributed by atoms with Crippen LogP contribution in [0.25, 0.3) is 0 Å². The normalized spacial score (nSPS) is 15.7. The highest BCUT2D eigenvalue weighted by Gasteiger charge is 2.31. The van der Waals surface area contributed by atoms with E-state index in [-0.39, 0.29) is 11.6 Å². The molecule has 1 aliphatic heterocycles. The quantitative estimate of drug-likeness (QED) is 0.819. The lowest BCUT2D eigenvalue weighted by Crippen LogP contribution is -2.35. The van der Waals surface area contributed by atoms with Gasteiger partial charge in [0.15, 0.2) is 0 Å². The fourth-order valence-corrected chi connectivity index (χ4v) is 2.76. The lowest BCUT2D eigenvalue weighted by Gasteiger charge is -2.23. The number of hydrogen-bond acceptors (Lipinski definition) is 5. The molecule has 6 nitrogen and oxygen atoms in total. The SMILES string of the molecule is Cc1cnc(C(=O)N2CCCN(c3ccc(C(F)(F)F)cn3)CC2)cn1. The summed E-state index contributed by atoms with van der Waals surface area (Å²) in [5.41, 5.74) is 0.250. The predicted molar refractivity (Wildman–Crippen MR) is 88.7 cm³/mol. The van der Waals surface area contributed by atoms with E-state index in [2.05, 4.69) is 15.0 Å². The van der Waals surface area contributed by atoms with Crippen LogP contribution in [0.15, 0.2) is 30.7 Å². The van der Waals surface area contributed by atoms with Gasteiger partial charge in [-0.15, -0.1) is 0 Å². The van der Waals surface area contributed by atoms with Gasteiger partial charge in [-0.25, -0.2) is 9.97 Å². The Morgan fingerprint density at radius 3 is 2.42 bits per heavy atom. The topological polar surface area (TPSA) is 62.2 Å². The summed E-state index contributed by atoms with van der Waals surface area (Å²) in [6, 6.07) is 2.39. The van der Waals surface area contributed by atoms with Crippen molar-refractivity contribution in [2.75, 3.05) is 31.1 Å². The average molecular weight is 365 g/mol. The number of carbonyl (C=O) groups excluding carboxylic acids is 1. The molecule has 0 aliphatic carbocycles. The zero-order chi connectivity index (χ0) is 18.7. The van der Waals surface area contributed by atoms with E-state index in [0.717, 1.165) is 18.0 Å². The Balaban J connectivity index is 1.66. The Bertz CT molecular complexity index is 761. The minimum atomic E-state index is -4.40. The number of rotatable bonds is 2. The van der Waals surface area contributed by atoms with Gasteiger partial charge in [0.25, 0.3) is 5.91 Å². The second kappa shape index (κ2) is 7.27. The van der Waals surface area contributed by atoms with Gasteiger partial charge in [0.05, 0.1) is 17.5 Å². The number of carbonyl (C=O) groups is 1. The van der Waals surface area contributed by atoms with Crippen molar-refractivity contribution in [3.8, 4) is 0 Å². The van der Waals surface area contributed by atoms with Crippen LogP contribution in [0, 0.1) is 6.92 Å². The molecule has 1 fully saturated rings. The third-order valence-electron chi connectivity index (χ3n) is 4.18. The average Bonchev–Trinajstić information content (AvgIpc) is 2.87. The molecule has 26 heavy (non-hydrogen) atoms. The molecular formula is C17H18F3N5O. The van der Waals surface area contributed by atoms with E-state index in [1.165, 1.54) is 12.3 Å². The number of aryl methyl sites for hydroxylation is 1. The molecule has 2 aromatic heterocycles. The Morgan fingerprint density at radius 1 is 1.00 bits per heavy atom. The van der Waals surface area contributed by atoms with Gasteiger partial charge < -0.3 is 9.80 Å². The minimum Gasteiger partial charge on any atom is -0.355 e. The number of halogens is 3. The van der Waals surface area contributed by atoms with Gasteiger partial charge in [0.1, 0.15) is 11.5 Å².